The monoisotopic (exact) mass is 431 g/mol. The average molecular weight is 432 g/mol. The molecule has 0 spiro atoms. The molecular weight excluding hydrogens is 410 g/mol. The second-order valence-corrected chi connectivity index (χ2v) is 8.07. The first kappa shape index (κ1) is 20.9. The number of benzene rings is 2. The van der Waals surface area contributed by atoms with Crippen LogP contribution in [0.4, 0.5) is 5.13 Å². The van der Waals surface area contributed by atoms with E-state index in [9.17, 15) is 4.79 Å². The highest BCUT2D eigenvalue weighted by molar-refractivity contribution is 8.00. The van der Waals surface area contributed by atoms with Gasteiger partial charge in [-0.25, -0.2) is 0 Å². The Labute approximate surface area is 177 Å². The molecule has 1 amide bonds. The maximum atomic E-state index is 12.5. The minimum absolute atomic E-state index is 0.107. The molecular formula is C20H21N3O4S2. The summed E-state index contributed by atoms with van der Waals surface area (Å²) in [6.07, 6.45) is 0.107. The van der Waals surface area contributed by atoms with Crippen LogP contribution in [0.25, 0.3) is 0 Å². The summed E-state index contributed by atoms with van der Waals surface area (Å²) in [6, 6.07) is 13.6. The molecule has 3 rings (SSSR count). The molecule has 2 aromatic carbocycles. The van der Waals surface area contributed by atoms with E-state index in [2.05, 4.69) is 27.6 Å². The largest absolute Gasteiger partial charge is 0.493 e. The van der Waals surface area contributed by atoms with E-state index < -0.39 is 0 Å². The number of aromatic nitrogens is 2. The van der Waals surface area contributed by atoms with Crippen molar-refractivity contribution < 1.29 is 19.0 Å². The lowest BCUT2D eigenvalue weighted by Crippen LogP contribution is -2.15. The fourth-order valence-corrected chi connectivity index (χ4v) is 4.40. The van der Waals surface area contributed by atoms with Crippen molar-refractivity contribution in [3.63, 3.8) is 0 Å². The number of ether oxygens (including phenoxy) is 3. The second kappa shape index (κ2) is 10.1. The number of amides is 1. The zero-order valence-electron chi connectivity index (χ0n) is 16.3. The van der Waals surface area contributed by atoms with E-state index in [0.29, 0.717) is 27.9 Å². The first-order valence-electron chi connectivity index (χ1n) is 8.72. The maximum absolute atomic E-state index is 12.5. The number of hydrogen-bond acceptors (Lipinski definition) is 8. The number of nitrogens with zero attached hydrogens (tertiary/aromatic N) is 2. The SMILES string of the molecule is COc1ccc(CC(=O)Nc2nnc(SCc3ccccc3)s2)c(OC)c1OC. The molecule has 0 aliphatic heterocycles. The first-order chi connectivity index (χ1) is 14.1. The third-order valence-corrected chi connectivity index (χ3v) is 6.04. The van der Waals surface area contributed by atoms with Crippen LogP contribution < -0.4 is 19.5 Å². The highest BCUT2D eigenvalue weighted by Crippen LogP contribution is 2.40. The predicted octanol–water partition coefficient (Wildman–Crippen LogP) is 4.04. The highest BCUT2D eigenvalue weighted by atomic mass is 32.2. The quantitative estimate of drug-likeness (QED) is 0.404. The summed E-state index contributed by atoms with van der Waals surface area (Å²) in [5.74, 6) is 2.05. The van der Waals surface area contributed by atoms with Crippen LogP contribution in [0.1, 0.15) is 11.1 Å². The number of anilines is 1. The molecule has 0 radical (unpaired) electrons. The lowest BCUT2D eigenvalue weighted by atomic mass is 10.1. The second-order valence-electron chi connectivity index (χ2n) is 5.87. The van der Waals surface area contributed by atoms with Crippen molar-refractivity contribution in [3.8, 4) is 17.2 Å². The zero-order valence-corrected chi connectivity index (χ0v) is 17.9. The summed E-state index contributed by atoms with van der Waals surface area (Å²) < 4.78 is 16.9. The van der Waals surface area contributed by atoms with E-state index in [1.54, 1.807) is 31.0 Å². The van der Waals surface area contributed by atoms with E-state index >= 15 is 0 Å². The van der Waals surface area contributed by atoms with Crippen LogP contribution in [0, 0.1) is 0 Å². The van der Waals surface area contributed by atoms with Gasteiger partial charge in [0.2, 0.25) is 16.8 Å². The van der Waals surface area contributed by atoms with Crippen molar-refractivity contribution in [3.05, 3.63) is 53.6 Å². The van der Waals surface area contributed by atoms with Crippen LogP contribution in [0.5, 0.6) is 17.2 Å². The van der Waals surface area contributed by atoms with E-state index in [0.717, 1.165) is 10.1 Å². The molecule has 7 nitrogen and oxygen atoms in total. The number of nitrogens with one attached hydrogen (secondary N) is 1. The standard InChI is InChI=1S/C20H21N3O4S2/c1-25-15-10-9-14(17(26-2)18(15)27-3)11-16(24)21-19-22-23-20(29-19)28-12-13-7-5-4-6-8-13/h4-10H,11-12H2,1-3H3,(H,21,22,24). The van der Waals surface area contributed by atoms with Gasteiger partial charge >= 0.3 is 0 Å². The minimum Gasteiger partial charge on any atom is -0.493 e. The van der Waals surface area contributed by atoms with Crippen molar-refractivity contribution in [1.82, 2.24) is 10.2 Å². The molecule has 0 aliphatic rings. The normalized spacial score (nSPS) is 10.4. The average Bonchev–Trinajstić information content (AvgIpc) is 3.19. The fourth-order valence-electron chi connectivity index (χ4n) is 2.68. The third kappa shape index (κ3) is 5.39. The predicted molar refractivity (Wildman–Crippen MR) is 114 cm³/mol. The Morgan fingerprint density at radius 3 is 2.45 bits per heavy atom. The maximum Gasteiger partial charge on any atom is 0.230 e. The Morgan fingerprint density at radius 2 is 1.76 bits per heavy atom. The van der Waals surface area contributed by atoms with Crippen molar-refractivity contribution in [2.75, 3.05) is 26.6 Å². The molecule has 0 fully saturated rings. The molecule has 3 aromatic rings. The van der Waals surface area contributed by atoms with Gasteiger partial charge in [0, 0.05) is 11.3 Å². The van der Waals surface area contributed by atoms with Gasteiger partial charge in [0.25, 0.3) is 0 Å². The van der Waals surface area contributed by atoms with E-state index in [1.165, 1.54) is 31.1 Å². The Balaban J connectivity index is 1.62. The van der Waals surface area contributed by atoms with Gasteiger partial charge in [-0.3, -0.25) is 4.79 Å². The van der Waals surface area contributed by atoms with Crippen molar-refractivity contribution in [1.29, 1.82) is 0 Å². The smallest absolute Gasteiger partial charge is 0.230 e. The van der Waals surface area contributed by atoms with Gasteiger partial charge in [-0.05, 0) is 11.6 Å². The number of hydrogen-bond donors (Lipinski definition) is 1. The Hall–Kier alpha value is -2.78. The van der Waals surface area contributed by atoms with E-state index in [1.807, 2.05) is 18.2 Å². The molecule has 1 aromatic heterocycles. The summed E-state index contributed by atoms with van der Waals surface area (Å²) in [6.45, 7) is 0. The highest BCUT2D eigenvalue weighted by Gasteiger charge is 2.18. The molecule has 0 saturated heterocycles. The summed E-state index contributed by atoms with van der Waals surface area (Å²) >= 11 is 2.93. The molecule has 29 heavy (non-hydrogen) atoms. The number of carbonyl (C=O) groups excluding carboxylic acids is 1. The molecule has 0 unspecified atom stereocenters. The van der Waals surface area contributed by atoms with Gasteiger partial charge in [-0.1, -0.05) is 59.5 Å². The Kier molecular flexibility index (Phi) is 7.31. The molecule has 0 bridgehead atoms. The van der Waals surface area contributed by atoms with Crippen molar-refractivity contribution >= 4 is 34.1 Å². The first-order valence-corrected chi connectivity index (χ1v) is 10.5. The van der Waals surface area contributed by atoms with Crippen molar-refractivity contribution in [2.45, 2.75) is 16.5 Å². The van der Waals surface area contributed by atoms with Crippen LogP contribution in [0.2, 0.25) is 0 Å². The molecule has 1 N–H and O–H groups in total. The number of methoxy groups -OCH3 is 3. The summed E-state index contributed by atoms with van der Waals surface area (Å²) in [5, 5.41) is 11.4. The number of thioether (sulfide) groups is 1. The molecule has 1 heterocycles. The van der Waals surface area contributed by atoms with Crippen LogP contribution in [0.3, 0.4) is 0 Å². The van der Waals surface area contributed by atoms with Gasteiger partial charge in [0.1, 0.15) is 0 Å². The van der Waals surface area contributed by atoms with Gasteiger partial charge in [-0.15, -0.1) is 10.2 Å². The van der Waals surface area contributed by atoms with Crippen LogP contribution in [-0.4, -0.2) is 37.4 Å². The Morgan fingerprint density at radius 1 is 1.00 bits per heavy atom. The van der Waals surface area contributed by atoms with E-state index in [4.69, 9.17) is 14.2 Å². The lowest BCUT2D eigenvalue weighted by Gasteiger charge is -2.15. The molecule has 0 aliphatic carbocycles. The van der Waals surface area contributed by atoms with Crippen molar-refractivity contribution in [2.24, 2.45) is 0 Å². The number of carbonyl (C=O) groups is 1. The molecule has 152 valence electrons. The zero-order chi connectivity index (χ0) is 20.6. The summed E-state index contributed by atoms with van der Waals surface area (Å²) in [5.41, 5.74) is 1.89. The summed E-state index contributed by atoms with van der Waals surface area (Å²) in [7, 11) is 4.60. The number of rotatable bonds is 9. The fraction of sp³-hybridized carbons (Fsp3) is 0.250. The molecule has 9 heteroatoms. The van der Waals surface area contributed by atoms with E-state index in [-0.39, 0.29) is 12.3 Å². The van der Waals surface area contributed by atoms with Gasteiger partial charge in [-0.2, -0.15) is 0 Å². The minimum atomic E-state index is -0.216. The topological polar surface area (TPSA) is 82.6 Å². The van der Waals surface area contributed by atoms with Gasteiger partial charge in [0.05, 0.1) is 27.8 Å². The van der Waals surface area contributed by atoms with Crippen LogP contribution in [0.15, 0.2) is 46.8 Å². The molecule has 0 saturated carbocycles. The van der Waals surface area contributed by atoms with Crippen LogP contribution in [-0.2, 0) is 17.0 Å². The van der Waals surface area contributed by atoms with Gasteiger partial charge < -0.3 is 19.5 Å². The van der Waals surface area contributed by atoms with Gasteiger partial charge in [0.15, 0.2) is 15.8 Å². The third-order valence-electron chi connectivity index (χ3n) is 3.99. The lowest BCUT2D eigenvalue weighted by molar-refractivity contribution is -0.115. The van der Waals surface area contributed by atoms with Crippen LogP contribution >= 0.6 is 23.1 Å². The molecule has 0 atom stereocenters. The Bertz CT molecular complexity index is 964. The summed E-state index contributed by atoms with van der Waals surface area (Å²) in [4.78, 5) is 12.5.